The summed E-state index contributed by atoms with van der Waals surface area (Å²) in [6.45, 7) is 10.7. The van der Waals surface area contributed by atoms with Crippen LogP contribution in [-0.2, 0) is 9.05 Å². The first-order valence-electron chi connectivity index (χ1n) is 6.19. The number of halogens is 1. The largest absolute Gasteiger partial charge is 0.493 e. The molecule has 3 nitrogen and oxygen atoms in total. The van der Waals surface area contributed by atoms with Gasteiger partial charge in [-0.2, -0.15) is 0 Å². The van der Waals surface area contributed by atoms with Crippen molar-refractivity contribution >= 4 is 19.7 Å². The fourth-order valence-corrected chi connectivity index (χ4v) is 2.64. The van der Waals surface area contributed by atoms with Crippen molar-refractivity contribution in [3.63, 3.8) is 0 Å². The van der Waals surface area contributed by atoms with Crippen LogP contribution in [0.3, 0.4) is 0 Å². The van der Waals surface area contributed by atoms with Crippen LogP contribution in [0.25, 0.3) is 0 Å². The molecule has 0 aliphatic rings. The lowest BCUT2D eigenvalue weighted by atomic mass is 9.93. The summed E-state index contributed by atoms with van der Waals surface area (Å²) in [7, 11) is 1.66. The zero-order chi connectivity index (χ0) is 14.8. The Balaban J connectivity index is 2.93. The fraction of sp³-hybridized carbons (Fsp3) is 0.571. The summed E-state index contributed by atoms with van der Waals surface area (Å²) in [6, 6.07) is 3.09. The Kier molecular flexibility index (Phi) is 4.91. The van der Waals surface area contributed by atoms with Gasteiger partial charge in [0.25, 0.3) is 9.05 Å². The van der Waals surface area contributed by atoms with Crippen LogP contribution in [0.5, 0.6) is 5.75 Å². The Morgan fingerprint density at radius 1 is 1.16 bits per heavy atom. The highest BCUT2D eigenvalue weighted by Crippen LogP contribution is 2.29. The molecule has 0 spiro atoms. The van der Waals surface area contributed by atoms with E-state index in [1.54, 1.807) is 12.1 Å². The maximum Gasteiger partial charge on any atom is 0.261 e. The molecule has 108 valence electrons. The molecular weight excluding hydrogens is 284 g/mol. The molecule has 0 bridgehead atoms. The molecule has 19 heavy (non-hydrogen) atoms. The van der Waals surface area contributed by atoms with E-state index in [4.69, 9.17) is 15.4 Å². The zero-order valence-electron chi connectivity index (χ0n) is 12.1. The SMILES string of the molecule is Cc1cc(S(=O)(=O)Cl)cc(C)c1OCCC(C)(C)C. The molecule has 1 aromatic carbocycles. The van der Waals surface area contributed by atoms with Crippen LogP contribution in [0.4, 0.5) is 0 Å². The maximum absolute atomic E-state index is 11.3. The van der Waals surface area contributed by atoms with Gasteiger partial charge in [-0.15, -0.1) is 0 Å². The smallest absolute Gasteiger partial charge is 0.261 e. The molecule has 1 aromatic rings. The molecule has 0 saturated carbocycles. The third-order valence-electron chi connectivity index (χ3n) is 2.81. The summed E-state index contributed by atoms with van der Waals surface area (Å²) in [6.07, 6.45) is 0.932. The van der Waals surface area contributed by atoms with E-state index < -0.39 is 9.05 Å². The van der Waals surface area contributed by atoms with Gasteiger partial charge >= 0.3 is 0 Å². The number of hydrogen-bond acceptors (Lipinski definition) is 3. The van der Waals surface area contributed by atoms with Gasteiger partial charge in [-0.1, -0.05) is 20.8 Å². The highest BCUT2D eigenvalue weighted by atomic mass is 35.7. The summed E-state index contributed by atoms with van der Waals surface area (Å²) < 4.78 is 28.4. The van der Waals surface area contributed by atoms with Gasteiger partial charge in [0.2, 0.25) is 0 Å². The Labute approximate surface area is 120 Å². The second-order valence-corrected chi connectivity index (χ2v) is 8.55. The minimum absolute atomic E-state index is 0.118. The molecule has 0 aliphatic carbocycles. The van der Waals surface area contributed by atoms with Crippen LogP contribution in [0.15, 0.2) is 17.0 Å². The highest BCUT2D eigenvalue weighted by molar-refractivity contribution is 8.13. The lowest BCUT2D eigenvalue weighted by molar-refractivity contribution is 0.240. The molecule has 0 N–H and O–H groups in total. The van der Waals surface area contributed by atoms with E-state index in [0.717, 1.165) is 23.3 Å². The third kappa shape index (κ3) is 5.03. The number of aryl methyl sites for hydroxylation is 2. The average Bonchev–Trinajstić information content (AvgIpc) is 2.18. The van der Waals surface area contributed by atoms with Crippen molar-refractivity contribution in [3.05, 3.63) is 23.3 Å². The molecule has 0 unspecified atom stereocenters. The normalized spacial score (nSPS) is 12.5. The van der Waals surface area contributed by atoms with E-state index in [9.17, 15) is 8.42 Å². The molecule has 0 amide bonds. The first-order chi connectivity index (χ1) is 8.50. The van der Waals surface area contributed by atoms with E-state index >= 15 is 0 Å². The van der Waals surface area contributed by atoms with E-state index in [2.05, 4.69) is 20.8 Å². The van der Waals surface area contributed by atoms with Crippen LogP contribution in [0.1, 0.15) is 38.3 Å². The van der Waals surface area contributed by atoms with Gasteiger partial charge in [-0.05, 0) is 48.9 Å². The lowest BCUT2D eigenvalue weighted by Crippen LogP contribution is -2.12. The molecular formula is C14H21ClO3S. The molecule has 0 aromatic heterocycles. The Morgan fingerprint density at radius 2 is 1.63 bits per heavy atom. The minimum atomic E-state index is -3.69. The van der Waals surface area contributed by atoms with Crippen molar-refractivity contribution in [2.45, 2.75) is 45.9 Å². The van der Waals surface area contributed by atoms with Crippen molar-refractivity contribution in [2.24, 2.45) is 5.41 Å². The Hall–Kier alpha value is -0.740. The van der Waals surface area contributed by atoms with Gasteiger partial charge < -0.3 is 4.74 Å². The molecule has 0 atom stereocenters. The summed E-state index contributed by atoms with van der Waals surface area (Å²) in [4.78, 5) is 0.118. The topological polar surface area (TPSA) is 43.4 Å². The van der Waals surface area contributed by atoms with Gasteiger partial charge in [-0.25, -0.2) is 8.42 Å². The van der Waals surface area contributed by atoms with Crippen LogP contribution in [0, 0.1) is 19.3 Å². The van der Waals surface area contributed by atoms with Crippen molar-refractivity contribution < 1.29 is 13.2 Å². The number of rotatable bonds is 4. The van der Waals surface area contributed by atoms with Crippen molar-refractivity contribution in [2.75, 3.05) is 6.61 Å². The Bertz CT molecular complexity index is 534. The van der Waals surface area contributed by atoms with Crippen molar-refractivity contribution in [3.8, 4) is 5.75 Å². The summed E-state index contributed by atoms with van der Waals surface area (Å²) in [5.74, 6) is 0.744. The van der Waals surface area contributed by atoms with Gasteiger partial charge in [-0.3, -0.25) is 0 Å². The quantitative estimate of drug-likeness (QED) is 0.788. The van der Waals surface area contributed by atoms with Gasteiger partial charge in [0.1, 0.15) is 5.75 Å². The second kappa shape index (κ2) is 5.71. The Morgan fingerprint density at radius 3 is 2.00 bits per heavy atom. The van der Waals surface area contributed by atoms with Crippen LogP contribution >= 0.6 is 10.7 Å². The minimum Gasteiger partial charge on any atom is -0.493 e. The average molecular weight is 305 g/mol. The van der Waals surface area contributed by atoms with Crippen LogP contribution in [-0.4, -0.2) is 15.0 Å². The summed E-state index contributed by atoms with van der Waals surface area (Å²) in [5, 5.41) is 0. The van der Waals surface area contributed by atoms with E-state index in [1.807, 2.05) is 13.8 Å². The third-order valence-corrected chi connectivity index (χ3v) is 4.15. The van der Waals surface area contributed by atoms with Crippen LogP contribution in [0.2, 0.25) is 0 Å². The predicted molar refractivity (Wildman–Crippen MR) is 78.5 cm³/mol. The standard InChI is InChI=1S/C14H21ClO3S/c1-10-8-12(19(15,16)17)9-11(2)13(10)18-7-6-14(3,4)5/h8-9H,6-7H2,1-5H3. The number of hydrogen-bond donors (Lipinski definition) is 0. The van der Waals surface area contributed by atoms with Gasteiger partial charge in [0.15, 0.2) is 0 Å². The monoisotopic (exact) mass is 304 g/mol. The molecule has 1 rings (SSSR count). The van der Waals surface area contributed by atoms with Crippen LogP contribution < -0.4 is 4.74 Å². The molecule has 0 aliphatic heterocycles. The lowest BCUT2D eigenvalue weighted by Gasteiger charge is -2.19. The van der Waals surface area contributed by atoms with Crippen molar-refractivity contribution in [1.29, 1.82) is 0 Å². The molecule has 0 heterocycles. The second-order valence-electron chi connectivity index (χ2n) is 5.98. The van der Waals surface area contributed by atoms with Gasteiger partial charge in [0.05, 0.1) is 11.5 Å². The fourth-order valence-electron chi connectivity index (χ4n) is 1.74. The highest BCUT2D eigenvalue weighted by Gasteiger charge is 2.16. The summed E-state index contributed by atoms with van der Waals surface area (Å²) >= 11 is 0. The first kappa shape index (κ1) is 16.3. The maximum atomic E-state index is 11.3. The molecule has 5 heteroatoms. The summed E-state index contributed by atoms with van der Waals surface area (Å²) in [5.41, 5.74) is 1.78. The molecule has 0 fully saturated rings. The predicted octanol–water partition coefficient (Wildman–Crippen LogP) is 4.05. The number of benzene rings is 1. The number of ether oxygens (including phenoxy) is 1. The molecule has 0 radical (unpaired) electrons. The molecule has 0 saturated heterocycles. The zero-order valence-corrected chi connectivity index (χ0v) is 13.7. The van der Waals surface area contributed by atoms with Crippen molar-refractivity contribution in [1.82, 2.24) is 0 Å². The van der Waals surface area contributed by atoms with E-state index in [1.165, 1.54) is 0 Å². The first-order valence-corrected chi connectivity index (χ1v) is 8.50. The van der Waals surface area contributed by atoms with E-state index in [0.29, 0.717) is 6.61 Å². The van der Waals surface area contributed by atoms with E-state index in [-0.39, 0.29) is 10.3 Å². The van der Waals surface area contributed by atoms with Gasteiger partial charge in [0, 0.05) is 10.7 Å².